The number of guanidine groups is 1. The first-order valence-electron chi connectivity index (χ1n) is 11.0. The number of rotatable bonds is 8. The molecule has 0 aliphatic carbocycles. The van der Waals surface area contributed by atoms with Gasteiger partial charge in [0.15, 0.2) is 5.96 Å². The summed E-state index contributed by atoms with van der Waals surface area (Å²) in [7, 11) is 3.47. The lowest BCUT2D eigenvalue weighted by Crippen LogP contribution is -2.50. The Morgan fingerprint density at radius 3 is 2.48 bits per heavy atom. The lowest BCUT2D eigenvalue weighted by Gasteiger charge is -2.34. The van der Waals surface area contributed by atoms with Gasteiger partial charge in [0.2, 0.25) is 0 Å². The molecule has 1 aromatic carbocycles. The van der Waals surface area contributed by atoms with Gasteiger partial charge in [0.1, 0.15) is 0 Å². The quantitative estimate of drug-likeness (QED) is 0.463. The molecule has 1 saturated heterocycles. The highest BCUT2D eigenvalue weighted by atomic mass is 16.1. The third-order valence-electron chi connectivity index (χ3n) is 5.70. The minimum Gasteiger partial charge on any atom is -0.356 e. The molecule has 1 aliphatic rings. The largest absolute Gasteiger partial charge is 0.356 e. The molecule has 0 aromatic heterocycles. The van der Waals surface area contributed by atoms with Gasteiger partial charge in [0, 0.05) is 38.8 Å². The van der Waals surface area contributed by atoms with Gasteiger partial charge in [-0.3, -0.25) is 14.7 Å². The number of carbonyl (C=O) groups excluding carboxylic acids is 1. The first-order chi connectivity index (χ1) is 14.0. The molecule has 6 heteroatoms. The topological polar surface area (TPSA) is 68.8 Å². The van der Waals surface area contributed by atoms with Crippen molar-refractivity contribution in [3.63, 3.8) is 0 Å². The molecule has 1 aliphatic heterocycles. The van der Waals surface area contributed by atoms with E-state index in [0.717, 1.165) is 31.0 Å². The Kier molecular flexibility index (Phi) is 9.98. The van der Waals surface area contributed by atoms with Crippen LogP contribution in [0.3, 0.4) is 0 Å². The first kappa shape index (κ1) is 23.2. The molecule has 0 spiro atoms. The van der Waals surface area contributed by atoms with Gasteiger partial charge in [-0.25, -0.2) is 0 Å². The predicted molar refractivity (Wildman–Crippen MR) is 122 cm³/mol. The molecule has 1 amide bonds. The normalized spacial score (nSPS) is 16.9. The van der Waals surface area contributed by atoms with E-state index in [1.165, 1.54) is 38.8 Å². The van der Waals surface area contributed by atoms with E-state index in [-0.39, 0.29) is 5.91 Å². The minimum absolute atomic E-state index is 0.0504. The maximum Gasteiger partial charge on any atom is 0.251 e. The van der Waals surface area contributed by atoms with E-state index < -0.39 is 0 Å². The second-order valence-electron chi connectivity index (χ2n) is 8.17. The fraction of sp³-hybridized carbons (Fsp3) is 0.652. The summed E-state index contributed by atoms with van der Waals surface area (Å²) in [6.45, 7) is 8.71. The van der Waals surface area contributed by atoms with Gasteiger partial charge in [-0.1, -0.05) is 38.8 Å². The molecule has 1 atom stereocenters. The van der Waals surface area contributed by atoms with Gasteiger partial charge in [-0.2, -0.15) is 0 Å². The molecular weight excluding hydrogens is 362 g/mol. The number of amides is 1. The molecule has 6 nitrogen and oxygen atoms in total. The van der Waals surface area contributed by atoms with Crippen molar-refractivity contribution in [3.8, 4) is 0 Å². The van der Waals surface area contributed by atoms with Crippen molar-refractivity contribution in [3.05, 3.63) is 35.4 Å². The summed E-state index contributed by atoms with van der Waals surface area (Å²) in [6, 6.07) is 8.30. The number of likely N-dealkylation sites (tertiary alicyclic amines) is 1. The monoisotopic (exact) mass is 401 g/mol. The van der Waals surface area contributed by atoms with E-state index in [0.29, 0.717) is 17.5 Å². The lowest BCUT2D eigenvalue weighted by atomic mass is 10.0. The van der Waals surface area contributed by atoms with Crippen LogP contribution >= 0.6 is 0 Å². The summed E-state index contributed by atoms with van der Waals surface area (Å²) < 4.78 is 0. The number of benzene rings is 1. The van der Waals surface area contributed by atoms with Crippen LogP contribution in [0.2, 0.25) is 0 Å². The van der Waals surface area contributed by atoms with Crippen LogP contribution in [0.4, 0.5) is 0 Å². The average Bonchev–Trinajstić information content (AvgIpc) is 3.01. The molecule has 29 heavy (non-hydrogen) atoms. The number of hydrogen-bond donors (Lipinski definition) is 3. The van der Waals surface area contributed by atoms with Crippen molar-refractivity contribution in [2.75, 3.05) is 40.3 Å². The Labute approximate surface area is 176 Å². The van der Waals surface area contributed by atoms with Crippen molar-refractivity contribution in [2.45, 2.75) is 52.0 Å². The highest BCUT2D eigenvalue weighted by Gasteiger charge is 2.22. The second kappa shape index (κ2) is 12.5. The molecule has 0 bridgehead atoms. The SMILES string of the molecule is CN=C(NCCc1cccc(C(=O)NC)c1)NCC(C(C)C)N1CCCCCC1. The molecule has 0 saturated carbocycles. The van der Waals surface area contributed by atoms with E-state index in [1.54, 1.807) is 7.05 Å². The lowest BCUT2D eigenvalue weighted by molar-refractivity contribution is 0.0963. The van der Waals surface area contributed by atoms with Crippen molar-refractivity contribution in [1.29, 1.82) is 0 Å². The van der Waals surface area contributed by atoms with Gasteiger partial charge in [-0.05, 0) is 56.0 Å². The van der Waals surface area contributed by atoms with Crippen LogP contribution in [0.15, 0.2) is 29.3 Å². The zero-order chi connectivity index (χ0) is 21.1. The summed E-state index contributed by atoms with van der Waals surface area (Å²) in [4.78, 5) is 18.8. The van der Waals surface area contributed by atoms with Crippen molar-refractivity contribution in [1.82, 2.24) is 20.9 Å². The van der Waals surface area contributed by atoms with Gasteiger partial charge in [0.25, 0.3) is 5.91 Å². The zero-order valence-corrected chi connectivity index (χ0v) is 18.6. The number of nitrogens with zero attached hydrogens (tertiary/aromatic N) is 2. The Hall–Kier alpha value is -2.08. The van der Waals surface area contributed by atoms with Crippen LogP contribution in [0.5, 0.6) is 0 Å². The zero-order valence-electron chi connectivity index (χ0n) is 18.6. The summed E-state index contributed by atoms with van der Waals surface area (Å²) in [5, 5.41) is 9.61. The van der Waals surface area contributed by atoms with E-state index in [4.69, 9.17) is 0 Å². The van der Waals surface area contributed by atoms with Crippen LogP contribution in [-0.4, -0.2) is 63.1 Å². The third-order valence-corrected chi connectivity index (χ3v) is 5.70. The molecular formula is C23H39N5O. The molecule has 1 fully saturated rings. The van der Waals surface area contributed by atoms with Crippen molar-refractivity contribution in [2.24, 2.45) is 10.9 Å². The maximum atomic E-state index is 11.8. The van der Waals surface area contributed by atoms with Crippen molar-refractivity contribution < 1.29 is 4.79 Å². The predicted octanol–water partition coefficient (Wildman–Crippen LogP) is 2.65. The maximum absolute atomic E-state index is 11.8. The second-order valence-corrected chi connectivity index (χ2v) is 8.17. The van der Waals surface area contributed by atoms with E-state index in [2.05, 4.69) is 45.8 Å². The Morgan fingerprint density at radius 1 is 1.14 bits per heavy atom. The molecule has 0 radical (unpaired) electrons. The van der Waals surface area contributed by atoms with E-state index >= 15 is 0 Å². The molecule has 1 unspecified atom stereocenters. The summed E-state index contributed by atoms with van der Waals surface area (Å²) in [5.41, 5.74) is 1.84. The first-order valence-corrected chi connectivity index (χ1v) is 11.0. The number of hydrogen-bond acceptors (Lipinski definition) is 3. The number of nitrogens with one attached hydrogen (secondary N) is 3. The molecule has 162 valence electrons. The summed E-state index contributed by atoms with van der Waals surface area (Å²) in [6.07, 6.45) is 6.18. The Bertz CT molecular complexity index is 650. The van der Waals surface area contributed by atoms with Gasteiger partial charge in [0.05, 0.1) is 0 Å². The summed E-state index contributed by atoms with van der Waals surface area (Å²) in [5.74, 6) is 1.39. The summed E-state index contributed by atoms with van der Waals surface area (Å²) >= 11 is 0. The standard InChI is InChI=1S/C23H39N5O/c1-18(2)21(28-14-7-5-6-8-15-28)17-27-23(25-4)26-13-12-19-10-9-11-20(16-19)22(29)24-3/h9-11,16,18,21H,5-8,12-15,17H2,1-4H3,(H,24,29)(H2,25,26,27). The highest BCUT2D eigenvalue weighted by molar-refractivity contribution is 5.94. The van der Waals surface area contributed by atoms with Crippen LogP contribution < -0.4 is 16.0 Å². The van der Waals surface area contributed by atoms with Crippen LogP contribution in [-0.2, 0) is 6.42 Å². The van der Waals surface area contributed by atoms with E-state index in [9.17, 15) is 4.79 Å². The molecule has 1 heterocycles. The Balaban J connectivity index is 1.83. The minimum atomic E-state index is -0.0504. The molecule has 2 rings (SSSR count). The van der Waals surface area contributed by atoms with Crippen LogP contribution in [0.1, 0.15) is 55.5 Å². The van der Waals surface area contributed by atoms with Crippen LogP contribution in [0, 0.1) is 5.92 Å². The number of carbonyl (C=O) groups is 1. The Morgan fingerprint density at radius 2 is 1.86 bits per heavy atom. The fourth-order valence-corrected chi connectivity index (χ4v) is 3.97. The van der Waals surface area contributed by atoms with Gasteiger partial charge in [-0.15, -0.1) is 0 Å². The van der Waals surface area contributed by atoms with Gasteiger partial charge < -0.3 is 16.0 Å². The van der Waals surface area contributed by atoms with E-state index in [1.807, 2.05) is 25.2 Å². The van der Waals surface area contributed by atoms with Crippen molar-refractivity contribution >= 4 is 11.9 Å². The molecule has 1 aromatic rings. The smallest absolute Gasteiger partial charge is 0.251 e. The third kappa shape index (κ3) is 7.69. The molecule has 3 N–H and O–H groups in total. The highest BCUT2D eigenvalue weighted by Crippen LogP contribution is 2.17. The number of aliphatic imine (C=N–C) groups is 1. The average molecular weight is 402 g/mol. The van der Waals surface area contributed by atoms with Crippen LogP contribution in [0.25, 0.3) is 0 Å². The van der Waals surface area contributed by atoms with Gasteiger partial charge >= 0.3 is 0 Å². The fourth-order valence-electron chi connectivity index (χ4n) is 3.97.